The predicted octanol–water partition coefficient (Wildman–Crippen LogP) is 3.51. The van der Waals surface area contributed by atoms with Gasteiger partial charge < -0.3 is 10.6 Å². The van der Waals surface area contributed by atoms with Gasteiger partial charge in [0.2, 0.25) is 0 Å². The lowest BCUT2D eigenvalue weighted by Crippen LogP contribution is -2.11. The number of nitrogens with zero attached hydrogens (tertiary/aromatic N) is 2. The van der Waals surface area contributed by atoms with Gasteiger partial charge in [-0.25, -0.2) is 0 Å². The molecule has 0 aliphatic heterocycles. The van der Waals surface area contributed by atoms with Gasteiger partial charge in [0.25, 0.3) is 0 Å². The molecule has 0 heterocycles. The standard InChI is InChI=1S/C14H12IN3/c1-18(12-4-2-3-10(7-12)9-16)14-6-5-11(17)8-13(14)15/h2-8H,17H2,1H3. The number of halogens is 1. The van der Waals surface area contributed by atoms with Crippen LogP contribution in [-0.2, 0) is 0 Å². The Hall–Kier alpha value is -1.74. The largest absolute Gasteiger partial charge is 0.399 e. The fraction of sp³-hybridized carbons (Fsp3) is 0.0714. The normalized spacial score (nSPS) is 9.83. The van der Waals surface area contributed by atoms with Gasteiger partial charge in [0.05, 0.1) is 17.3 Å². The molecule has 0 saturated carbocycles. The van der Waals surface area contributed by atoms with Gasteiger partial charge in [-0.2, -0.15) is 5.26 Å². The van der Waals surface area contributed by atoms with Crippen LogP contribution in [0.3, 0.4) is 0 Å². The zero-order valence-electron chi connectivity index (χ0n) is 9.89. The van der Waals surface area contributed by atoms with Gasteiger partial charge in [0.15, 0.2) is 0 Å². The molecule has 2 rings (SSSR count). The Labute approximate surface area is 120 Å². The number of nitrogen functional groups attached to an aromatic ring is 1. The molecule has 0 aliphatic carbocycles. The summed E-state index contributed by atoms with van der Waals surface area (Å²) >= 11 is 2.26. The van der Waals surface area contributed by atoms with Crippen LogP contribution in [0, 0.1) is 14.9 Å². The highest BCUT2D eigenvalue weighted by molar-refractivity contribution is 14.1. The van der Waals surface area contributed by atoms with Crippen molar-refractivity contribution in [2.45, 2.75) is 0 Å². The minimum absolute atomic E-state index is 0.657. The van der Waals surface area contributed by atoms with Gasteiger partial charge in [-0.3, -0.25) is 0 Å². The SMILES string of the molecule is CN(c1cccc(C#N)c1)c1ccc(N)cc1I. The third-order valence-corrected chi connectivity index (χ3v) is 3.56. The summed E-state index contributed by atoms with van der Waals surface area (Å²) in [4.78, 5) is 2.04. The van der Waals surface area contributed by atoms with E-state index < -0.39 is 0 Å². The summed E-state index contributed by atoms with van der Waals surface area (Å²) in [5.74, 6) is 0. The van der Waals surface area contributed by atoms with Gasteiger partial charge in [-0.05, 0) is 59.0 Å². The van der Waals surface area contributed by atoms with E-state index in [0.717, 1.165) is 20.6 Å². The Balaban J connectivity index is 2.41. The highest BCUT2D eigenvalue weighted by Gasteiger charge is 2.08. The van der Waals surface area contributed by atoms with Crippen molar-refractivity contribution in [1.29, 1.82) is 5.26 Å². The van der Waals surface area contributed by atoms with Crippen molar-refractivity contribution in [2.24, 2.45) is 0 Å². The van der Waals surface area contributed by atoms with Crippen LogP contribution in [-0.4, -0.2) is 7.05 Å². The van der Waals surface area contributed by atoms with E-state index in [-0.39, 0.29) is 0 Å². The molecule has 0 spiro atoms. The smallest absolute Gasteiger partial charge is 0.0992 e. The molecule has 2 aromatic rings. The second-order valence-corrected chi connectivity index (χ2v) is 5.09. The molecule has 90 valence electrons. The number of rotatable bonds is 2. The summed E-state index contributed by atoms with van der Waals surface area (Å²) in [5.41, 5.74) is 9.21. The zero-order chi connectivity index (χ0) is 13.1. The molecule has 0 radical (unpaired) electrons. The van der Waals surface area contributed by atoms with Crippen molar-refractivity contribution in [3.8, 4) is 6.07 Å². The van der Waals surface area contributed by atoms with Crippen molar-refractivity contribution >= 4 is 39.7 Å². The lowest BCUT2D eigenvalue weighted by molar-refractivity contribution is 1.20. The minimum Gasteiger partial charge on any atom is -0.399 e. The fourth-order valence-corrected chi connectivity index (χ4v) is 2.62. The maximum Gasteiger partial charge on any atom is 0.0992 e. The number of nitrogens with two attached hydrogens (primary N) is 1. The molecule has 0 bridgehead atoms. The van der Waals surface area contributed by atoms with Crippen molar-refractivity contribution in [1.82, 2.24) is 0 Å². The molecule has 0 amide bonds. The molecule has 2 N–H and O–H groups in total. The summed E-state index contributed by atoms with van der Waals surface area (Å²) in [7, 11) is 1.98. The summed E-state index contributed by atoms with van der Waals surface area (Å²) in [6.45, 7) is 0. The van der Waals surface area contributed by atoms with Crippen molar-refractivity contribution < 1.29 is 0 Å². The van der Waals surface area contributed by atoms with E-state index in [1.165, 1.54) is 0 Å². The molecule has 0 saturated heterocycles. The van der Waals surface area contributed by atoms with E-state index >= 15 is 0 Å². The Morgan fingerprint density at radius 3 is 2.67 bits per heavy atom. The molecule has 4 heteroatoms. The maximum absolute atomic E-state index is 8.92. The third kappa shape index (κ3) is 2.57. The fourth-order valence-electron chi connectivity index (χ4n) is 1.72. The van der Waals surface area contributed by atoms with Crippen LogP contribution in [0.1, 0.15) is 5.56 Å². The number of hydrogen-bond acceptors (Lipinski definition) is 3. The van der Waals surface area contributed by atoms with E-state index in [2.05, 4.69) is 28.7 Å². The lowest BCUT2D eigenvalue weighted by atomic mass is 10.2. The van der Waals surface area contributed by atoms with E-state index in [0.29, 0.717) is 5.56 Å². The van der Waals surface area contributed by atoms with Gasteiger partial charge in [-0.15, -0.1) is 0 Å². The van der Waals surface area contributed by atoms with Crippen LogP contribution in [0.25, 0.3) is 0 Å². The quantitative estimate of drug-likeness (QED) is 0.667. The van der Waals surface area contributed by atoms with Crippen LogP contribution in [0.15, 0.2) is 42.5 Å². The number of benzene rings is 2. The van der Waals surface area contributed by atoms with Gasteiger partial charge in [0, 0.05) is 22.0 Å². The predicted molar refractivity (Wildman–Crippen MR) is 82.8 cm³/mol. The van der Waals surface area contributed by atoms with Gasteiger partial charge in [-0.1, -0.05) is 6.07 Å². The Morgan fingerprint density at radius 2 is 2.00 bits per heavy atom. The van der Waals surface area contributed by atoms with Crippen molar-refractivity contribution in [2.75, 3.05) is 17.7 Å². The van der Waals surface area contributed by atoms with Crippen LogP contribution in [0.4, 0.5) is 17.1 Å². The zero-order valence-corrected chi connectivity index (χ0v) is 12.0. The molecule has 0 unspecified atom stereocenters. The number of nitriles is 1. The second kappa shape index (κ2) is 5.27. The van der Waals surface area contributed by atoms with Gasteiger partial charge in [0.1, 0.15) is 0 Å². The maximum atomic E-state index is 8.92. The van der Waals surface area contributed by atoms with Crippen molar-refractivity contribution in [3.05, 3.63) is 51.6 Å². The molecule has 0 aromatic heterocycles. The molecule has 2 aromatic carbocycles. The highest BCUT2D eigenvalue weighted by Crippen LogP contribution is 2.29. The summed E-state index contributed by atoms with van der Waals surface area (Å²) in [6, 6.07) is 15.5. The molecule has 0 atom stereocenters. The Bertz CT molecular complexity index is 617. The molecule has 0 fully saturated rings. The number of anilines is 3. The minimum atomic E-state index is 0.657. The van der Waals surface area contributed by atoms with Crippen molar-refractivity contribution in [3.63, 3.8) is 0 Å². The Morgan fingerprint density at radius 1 is 1.22 bits per heavy atom. The van der Waals surface area contributed by atoms with E-state index in [1.807, 2.05) is 48.3 Å². The first kappa shape index (κ1) is 12.7. The molecular formula is C14H12IN3. The Kier molecular flexibility index (Phi) is 3.72. The van der Waals surface area contributed by atoms with Crippen LogP contribution < -0.4 is 10.6 Å². The van der Waals surface area contributed by atoms with Gasteiger partial charge >= 0.3 is 0 Å². The first-order valence-corrected chi connectivity index (χ1v) is 6.48. The summed E-state index contributed by atoms with van der Waals surface area (Å²) in [6.07, 6.45) is 0. The summed E-state index contributed by atoms with van der Waals surface area (Å²) < 4.78 is 1.08. The first-order valence-electron chi connectivity index (χ1n) is 5.41. The highest BCUT2D eigenvalue weighted by atomic mass is 127. The molecule has 3 nitrogen and oxygen atoms in total. The molecule has 0 aliphatic rings. The average molecular weight is 349 g/mol. The first-order chi connectivity index (χ1) is 8.61. The molecule has 18 heavy (non-hydrogen) atoms. The monoisotopic (exact) mass is 349 g/mol. The van der Waals surface area contributed by atoms with Crippen LogP contribution >= 0.6 is 22.6 Å². The number of hydrogen-bond donors (Lipinski definition) is 1. The van der Waals surface area contributed by atoms with Crippen LogP contribution in [0.5, 0.6) is 0 Å². The lowest BCUT2D eigenvalue weighted by Gasteiger charge is -2.21. The summed E-state index contributed by atoms with van der Waals surface area (Å²) in [5, 5.41) is 8.92. The van der Waals surface area contributed by atoms with E-state index in [1.54, 1.807) is 6.07 Å². The average Bonchev–Trinajstić information content (AvgIpc) is 2.38. The topological polar surface area (TPSA) is 53.0 Å². The third-order valence-electron chi connectivity index (χ3n) is 2.70. The molecular weight excluding hydrogens is 337 g/mol. The second-order valence-electron chi connectivity index (χ2n) is 3.93. The van der Waals surface area contributed by atoms with Crippen LogP contribution in [0.2, 0.25) is 0 Å². The van der Waals surface area contributed by atoms with E-state index in [9.17, 15) is 0 Å². The van der Waals surface area contributed by atoms with E-state index in [4.69, 9.17) is 11.0 Å².